The van der Waals surface area contributed by atoms with Gasteiger partial charge in [-0.05, 0) is 54.5 Å². The Hall–Kier alpha value is -4.75. The highest BCUT2D eigenvalue weighted by atomic mass is 16.6. The molecule has 13 nitrogen and oxygen atoms in total. The van der Waals surface area contributed by atoms with Gasteiger partial charge in [0.05, 0.1) is 20.8 Å². The number of carbonyl (C=O) groups is 3. The molecule has 0 heterocycles. The number of methoxy groups -OCH3 is 2. The fourth-order valence-corrected chi connectivity index (χ4v) is 4.24. The first-order chi connectivity index (χ1) is 19.9. The van der Waals surface area contributed by atoms with Crippen molar-refractivity contribution in [2.45, 2.75) is 43.7 Å². The number of phenolic OH excluding ortho intramolecular Hbond substituents is 3. The zero-order valence-electron chi connectivity index (χ0n) is 23.1. The Balaban J connectivity index is 1.78. The van der Waals surface area contributed by atoms with Crippen LogP contribution in [-0.4, -0.2) is 88.2 Å². The zero-order chi connectivity index (χ0) is 31.0. The van der Waals surface area contributed by atoms with E-state index in [0.717, 1.165) is 12.2 Å². The van der Waals surface area contributed by atoms with Crippen LogP contribution in [0.25, 0.3) is 12.2 Å². The average Bonchev–Trinajstić information content (AvgIpc) is 2.95. The Bertz CT molecular complexity index is 1340. The third-order valence-corrected chi connectivity index (χ3v) is 6.36. The van der Waals surface area contributed by atoms with Crippen molar-refractivity contribution in [2.75, 3.05) is 20.8 Å². The first-order valence-corrected chi connectivity index (χ1v) is 12.7. The van der Waals surface area contributed by atoms with Gasteiger partial charge in [0.15, 0.2) is 28.6 Å². The van der Waals surface area contributed by atoms with Crippen molar-refractivity contribution in [3.8, 4) is 28.7 Å². The molecule has 1 fully saturated rings. The van der Waals surface area contributed by atoms with Crippen LogP contribution < -0.4 is 9.47 Å². The van der Waals surface area contributed by atoms with E-state index >= 15 is 0 Å². The van der Waals surface area contributed by atoms with Gasteiger partial charge in [0.25, 0.3) is 0 Å². The predicted molar refractivity (Wildman–Crippen MR) is 146 cm³/mol. The summed E-state index contributed by atoms with van der Waals surface area (Å²) in [7, 11) is 2.67. The summed E-state index contributed by atoms with van der Waals surface area (Å²) in [6, 6.07) is 6.69. The van der Waals surface area contributed by atoms with Gasteiger partial charge >= 0.3 is 17.9 Å². The van der Waals surface area contributed by atoms with E-state index in [2.05, 4.69) is 0 Å². The van der Waals surface area contributed by atoms with E-state index in [-0.39, 0.29) is 29.6 Å². The maximum atomic E-state index is 12.7. The molecule has 0 aliphatic heterocycles. The van der Waals surface area contributed by atoms with Crippen molar-refractivity contribution >= 4 is 30.1 Å². The van der Waals surface area contributed by atoms with E-state index in [0.29, 0.717) is 11.1 Å². The van der Waals surface area contributed by atoms with Gasteiger partial charge in [-0.15, -0.1) is 0 Å². The van der Waals surface area contributed by atoms with Crippen LogP contribution in [0.4, 0.5) is 0 Å². The standard InChI is InChI=1S/C29H32O13/c1-4-40-28(36)29(37)14-22(41-24(32)9-6-16-5-8-18(30)19(31)11-16)27(35)23(15-29)42-25(33)10-7-17-12-20(38-2)26(34)21(13-17)39-3/h5-13,22-23,27,30-31,34-35,37H,4,14-15H2,1-3H3/b9-6+,10-7+/t22-,23-,27-,29+/m1/s1. The molecular formula is C29H32O13. The Morgan fingerprint density at radius 2 is 1.38 bits per heavy atom. The Labute approximate surface area is 240 Å². The summed E-state index contributed by atoms with van der Waals surface area (Å²) in [5.41, 5.74) is -1.51. The third kappa shape index (κ3) is 7.71. The summed E-state index contributed by atoms with van der Waals surface area (Å²) in [6.07, 6.45) is -1.09. The van der Waals surface area contributed by atoms with Gasteiger partial charge in [-0.3, -0.25) is 0 Å². The molecule has 5 N–H and O–H groups in total. The van der Waals surface area contributed by atoms with Crippen LogP contribution in [0.15, 0.2) is 42.5 Å². The number of hydrogen-bond donors (Lipinski definition) is 5. The molecule has 0 radical (unpaired) electrons. The average molecular weight is 589 g/mol. The summed E-state index contributed by atoms with van der Waals surface area (Å²) in [5, 5.41) is 51.0. The third-order valence-electron chi connectivity index (χ3n) is 6.36. The topological polar surface area (TPSA) is 199 Å². The number of rotatable bonds is 10. The maximum Gasteiger partial charge on any atom is 0.338 e. The Kier molecular flexibility index (Phi) is 10.4. The van der Waals surface area contributed by atoms with Crippen molar-refractivity contribution in [3.63, 3.8) is 0 Å². The van der Waals surface area contributed by atoms with E-state index in [4.69, 9.17) is 23.7 Å². The SMILES string of the molecule is CCOC(=O)[C@]1(O)C[C@@H](OC(=O)/C=C/c2ccc(O)c(O)c2)[C@@H](O)[C@H](OC(=O)/C=C/c2cc(OC)c(O)c(OC)c2)C1. The van der Waals surface area contributed by atoms with Crippen LogP contribution in [0.5, 0.6) is 28.7 Å². The van der Waals surface area contributed by atoms with Gasteiger partial charge in [0.1, 0.15) is 18.3 Å². The monoisotopic (exact) mass is 588 g/mol. The van der Waals surface area contributed by atoms with E-state index < -0.39 is 60.4 Å². The molecule has 0 saturated heterocycles. The molecule has 1 aliphatic carbocycles. The minimum atomic E-state index is -2.25. The lowest BCUT2D eigenvalue weighted by molar-refractivity contribution is -0.206. The Morgan fingerprint density at radius 1 is 0.857 bits per heavy atom. The lowest BCUT2D eigenvalue weighted by Gasteiger charge is -2.41. The lowest BCUT2D eigenvalue weighted by Crippen LogP contribution is -2.58. The van der Waals surface area contributed by atoms with Crippen LogP contribution in [0.3, 0.4) is 0 Å². The van der Waals surface area contributed by atoms with Gasteiger partial charge in [-0.1, -0.05) is 6.07 Å². The van der Waals surface area contributed by atoms with Crippen LogP contribution in [0.2, 0.25) is 0 Å². The molecule has 0 spiro atoms. The summed E-state index contributed by atoms with van der Waals surface area (Å²) < 4.78 is 25.7. The van der Waals surface area contributed by atoms with Gasteiger partial charge in [0, 0.05) is 25.0 Å². The summed E-state index contributed by atoms with van der Waals surface area (Å²) in [4.78, 5) is 37.8. The van der Waals surface area contributed by atoms with Crippen molar-refractivity contribution in [1.29, 1.82) is 0 Å². The molecule has 3 rings (SSSR count). The second-order valence-electron chi connectivity index (χ2n) is 9.29. The first kappa shape index (κ1) is 31.8. The maximum absolute atomic E-state index is 12.7. The first-order valence-electron chi connectivity index (χ1n) is 12.7. The second-order valence-corrected chi connectivity index (χ2v) is 9.29. The van der Waals surface area contributed by atoms with Crippen LogP contribution >= 0.6 is 0 Å². The Morgan fingerprint density at radius 3 is 1.86 bits per heavy atom. The van der Waals surface area contributed by atoms with Crippen LogP contribution in [0, 0.1) is 0 Å². The number of aliphatic hydroxyl groups excluding tert-OH is 1. The molecule has 2 aromatic rings. The van der Waals surface area contributed by atoms with Gasteiger partial charge in [-0.25, -0.2) is 14.4 Å². The molecule has 0 bridgehead atoms. The van der Waals surface area contributed by atoms with E-state index in [9.17, 15) is 39.9 Å². The predicted octanol–water partition coefficient (Wildman–Crippen LogP) is 1.82. The highest BCUT2D eigenvalue weighted by Gasteiger charge is 2.53. The molecule has 13 heteroatoms. The van der Waals surface area contributed by atoms with Crippen molar-refractivity contribution < 1.29 is 63.6 Å². The lowest BCUT2D eigenvalue weighted by atomic mass is 9.79. The normalized spacial score (nSPS) is 22.1. The molecule has 42 heavy (non-hydrogen) atoms. The van der Waals surface area contributed by atoms with Crippen molar-refractivity contribution in [1.82, 2.24) is 0 Å². The largest absolute Gasteiger partial charge is 0.504 e. The van der Waals surface area contributed by atoms with Crippen LogP contribution in [-0.2, 0) is 28.6 Å². The van der Waals surface area contributed by atoms with Gasteiger partial charge in [-0.2, -0.15) is 0 Å². The number of esters is 3. The molecule has 2 aromatic carbocycles. The van der Waals surface area contributed by atoms with Crippen molar-refractivity contribution in [3.05, 3.63) is 53.6 Å². The number of phenols is 3. The smallest absolute Gasteiger partial charge is 0.338 e. The molecule has 1 aliphatic rings. The molecule has 1 saturated carbocycles. The number of aromatic hydroxyl groups is 3. The minimum Gasteiger partial charge on any atom is -0.504 e. The molecule has 0 amide bonds. The highest BCUT2D eigenvalue weighted by Crippen LogP contribution is 2.38. The number of carbonyl (C=O) groups excluding carboxylic acids is 3. The fraction of sp³-hybridized carbons (Fsp3) is 0.345. The molecule has 226 valence electrons. The number of ether oxygens (including phenoxy) is 5. The minimum absolute atomic E-state index is 0.0664. The molecule has 0 aromatic heterocycles. The molecule has 0 unspecified atom stereocenters. The summed E-state index contributed by atoms with van der Waals surface area (Å²) >= 11 is 0. The van der Waals surface area contributed by atoms with E-state index in [1.165, 1.54) is 63.6 Å². The van der Waals surface area contributed by atoms with Gasteiger partial charge in [0.2, 0.25) is 5.75 Å². The molecular weight excluding hydrogens is 556 g/mol. The number of benzene rings is 2. The van der Waals surface area contributed by atoms with Crippen LogP contribution in [0.1, 0.15) is 30.9 Å². The fourth-order valence-electron chi connectivity index (χ4n) is 4.24. The van der Waals surface area contributed by atoms with Gasteiger partial charge < -0.3 is 49.2 Å². The summed E-state index contributed by atoms with van der Waals surface area (Å²) in [6.45, 7) is 1.46. The van der Waals surface area contributed by atoms with E-state index in [1.807, 2.05) is 0 Å². The zero-order valence-corrected chi connectivity index (χ0v) is 23.1. The number of aliphatic hydroxyl groups is 2. The number of hydrogen-bond acceptors (Lipinski definition) is 13. The second kappa shape index (κ2) is 13.7. The van der Waals surface area contributed by atoms with Crippen molar-refractivity contribution in [2.24, 2.45) is 0 Å². The van der Waals surface area contributed by atoms with E-state index in [1.54, 1.807) is 0 Å². The molecule has 4 atom stereocenters. The highest BCUT2D eigenvalue weighted by molar-refractivity contribution is 5.88. The quantitative estimate of drug-likeness (QED) is 0.117. The summed E-state index contributed by atoms with van der Waals surface area (Å²) in [5.74, 6) is -3.80.